The van der Waals surface area contributed by atoms with Gasteiger partial charge >= 0.3 is 17.9 Å². The Kier molecular flexibility index (Phi) is 11.1. The third-order valence-electron chi connectivity index (χ3n) is 6.45. The van der Waals surface area contributed by atoms with E-state index in [1.54, 1.807) is 67.6 Å². The molecule has 0 aromatic heterocycles. The summed E-state index contributed by atoms with van der Waals surface area (Å²) < 4.78 is 0. The summed E-state index contributed by atoms with van der Waals surface area (Å²) >= 11 is 0. The molecule has 0 saturated heterocycles. The number of nitrogens with one attached hydrogen (secondary N) is 2. The van der Waals surface area contributed by atoms with Crippen molar-refractivity contribution < 1.29 is 44.1 Å². The van der Waals surface area contributed by atoms with Gasteiger partial charge in [-0.05, 0) is 73.1 Å². The number of carboxylic acids is 3. The number of carbonyl (C=O) groups excluding carboxylic acids is 3. The summed E-state index contributed by atoms with van der Waals surface area (Å²) in [5.41, 5.74) is 6.14. The number of hydrogen-bond acceptors (Lipinski definition) is 6. The molecule has 0 aliphatic rings. The van der Waals surface area contributed by atoms with Gasteiger partial charge in [-0.1, -0.05) is 43.3 Å². The van der Waals surface area contributed by atoms with Crippen LogP contribution in [0.5, 0.6) is 0 Å². The molecular formula is C30H30N3O9P. The van der Waals surface area contributed by atoms with E-state index in [1.807, 2.05) is 0 Å². The van der Waals surface area contributed by atoms with Gasteiger partial charge in [0, 0.05) is 23.1 Å². The van der Waals surface area contributed by atoms with Crippen molar-refractivity contribution in [3.63, 3.8) is 0 Å². The topological polar surface area (TPSA) is 213 Å². The van der Waals surface area contributed by atoms with Crippen LogP contribution in [0.1, 0.15) is 57.3 Å². The van der Waals surface area contributed by atoms with Crippen LogP contribution in [-0.4, -0.2) is 63.0 Å². The van der Waals surface area contributed by atoms with Gasteiger partial charge in [-0.25, -0.2) is 9.59 Å². The van der Waals surface area contributed by atoms with Crippen molar-refractivity contribution in [1.82, 2.24) is 10.6 Å². The van der Waals surface area contributed by atoms with Crippen molar-refractivity contribution in [2.75, 3.05) is 0 Å². The normalized spacial score (nSPS) is 12.8. The lowest BCUT2D eigenvalue weighted by molar-refractivity contribution is -0.141. The molecule has 3 aromatic carbocycles. The van der Waals surface area contributed by atoms with E-state index in [4.69, 9.17) is 10.8 Å². The quantitative estimate of drug-likeness (QED) is 0.145. The number of amides is 3. The lowest BCUT2D eigenvalue weighted by Gasteiger charge is -2.20. The van der Waals surface area contributed by atoms with Crippen molar-refractivity contribution in [1.29, 1.82) is 0 Å². The largest absolute Gasteiger partial charge is 0.481 e. The second kappa shape index (κ2) is 14.7. The summed E-state index contributed by atoms with van der Waals surface area (Å²) in [6, 6.07) is 17.4. The number of aliphatic carboxylic acids is 3. The van der Waals surface area contributed by atoms with Crippen molar-refractivity contribution >= 4 is 59.5 Å². The molecule has 0 aliphatic heterocycles. The first-order valence-electron chi connectivity index (χ1n) is 13.1. The lowest BCUT2D eigenvalue weighted by Crippen LogP contribution is -2.41. The summed E-state index contributed by atoms with van der Waals surface area (Å²) in [6.45, 7) is 1.65. The minimum Gasteiger partial charge on any atom is -0.481 e. The predicted octanol–water partition coefficient (Wildman–Crippen LogP) is 1.18. The van der Waals surface area contributed by atoms with Gasteiger partial charge in [-0.15, -0.1) is 0 Å². The van der Waals surface area contributed by atoms with Gasteiger partial charge in [0.05, 0.1) is 0 Å². The molecule has 12 nitrogen and oxygen atoms in total. The molecule has 3 atom stereocenters. The lowest BCUT2D eigenvalue weighted by atomic mass is 10.1. The highest BCUT2D eigenvalue weighted by Crippen LogP contribution is 2.33. The van der Waals surface area contributed by atoms with Crippen LogP contribution in [0.2, 0.25) is 0 Å². The Balaban J connectivity index is 1.92. The molecule has 0 radical (unpaired) electrons. The molecule has 224 valence electrons. The van der Waals surface area contributed by atoms with Crippen LogP contribution < -0.4 is 32.3 Å². The van der Waals surface area contributed by atoms with Gasteiger partial charge in [-0.2, -0.15) is 0 Å². The zero-order valence-electron chi connectivity index (χ0n) is 23.0. The molecule has 0 spiro atoms. The van der Waals surface area contributed by atoms with Crippen LogP contribution in [-0.2, 0) is 14.4 Å². The Hall–Kier alpha value is -5.09. The van der Waals surface area contributed by atoms with Crippen LogP contribution in [0.4, 0.5) is 0 Å². The van der Waals surface area contributed by atoms with E-state index in [-0.39, 0.29) is 24.0 Å². The summed E-state index contributed by atoms with van der Waals surface area (Å²) in [5.74, 6) is -5.46. The van der Waals surface area contributed by atoms with Gasteiger partial charge in [-0.3, -0.25) is 19.2 Å². The highest BCUT2D eigenvalue weighted by atomic mass is 31.1. The number of nitrogens with two attached hydrogens (primary N) is 1. The van der Waals surface area contributed by atoms with E-state index in [2.05, 4.69) is 10.6 Å². The Bertz CT molecular complexity index is 1510. The van der Waals surface area contributed by atoms with Crippen LogP contribution in [0.15, 0.2) is 72.8 Å². The van der Waals surface area contributed by atoms with Gasteiger partial charge in [0.1, 0.15) is 12.1 Å². The van der Waals surface area contributed by atoms with Crippen molar-refractivity contribution in [3.8, 4) is 0 Å². The van der Waals surface area contributed by atoms with E-state index < -0.39 is 62.1 Å². The Morgan fingerprint density at radius 2 is 1.02 bits per heavy atom. The number of benzene rings is 3. The third kappa shape index (κ3) is 8.70. The average molecular weight is 608 g/mol. The van der Waals surface area contributed by atoms with Crippen LogP contribution in [0, 0.1) is 0 Å². The number of carbonyl (C=O) groups is 6. The second-order valence-corrected chi connectivity index (χ2v) is 11.6. The molecule has 0 bridgehead atoms. The average Bonchev–Trinajstić information content (AvgIpc) is 2.98. The van der Waals surface area contributed by atoms with Crippen molar-refractivity contribution in [3.05, 3.63) is 89.5 Å². The molecule has 3 aromatic rings. The molecule has 3 unspecified atom stereocenters. The molecule has 0 heterocycles. The number of rotatable bonds is 14. The zero-order chi connectivity index (χ0) is 31.7. The first-order chi connectivity index (χ1) is 20.4. The van der Waals surface area contributed by atoms with E-state index in [0.717, 1.165) is 15.9 Å². The van der Waals surface area contributed by atoms with E-state index in [9.17, 15) is 39.0 Å². The summed E-state index contributed by atoms with van der Waals surface area (Å²) in [5, 5.41) is 34.7. The molecule has 7 N–H and O–H groups in total. The smallest absolute Gasteiger partial charge is 0.326 e. The number of carboxylic acid groups (broad SMARTS) is 3. The van der Waals surface area contributed by atoms with Gasteiger partial charge in [0.15, 0.2) is 0 Å². The fraction of sp³-hybridized carbons (Fsp3) is 0.200. The highest BCUT2D eigenvalue weighted by Gasteiger charge is 2.23. The molecular weight excluding hydrogens is 577 g/mol. The summed E-state index contributed by atoms with van der Waals surface area (Å²) in [4.78, 5) is 70.6. The molecule has 0 fully saturated rings. The molecule has 3 rings (SSSR count). The molecule has 43 heavy (non-hydrogen) atoms. The maximum atomic E-state index is 12.7. The first kappa shape index (κ1) is 32.4. The van der Waals surface area contributed by atoms with Gasteiger partial charge in [0.2, 0.25) is 5.91 Å². The monoisotopic (exact) mass is 607 g/mol. The standard InChI is InChI=1S/C30H30N3O9P/c1-2-23(29(39)40)32-27(37)18-5-11-21(12-6-18)43(20-9-3-17(4-10-20)26(31)36)22-13-7-19(8-14-22)28(38)33-24(30(41)42)15-16-25(34)35/h3-14,23-24H,2,15-16H2,1H3,(H2,31,36)(H,32,37)(H,33,38)(H,34,35)(H,39,40)(H,41,42). The molecule has 3 amide bonds. The predicted molar refractivity (Wildman–Crippen MR) is 159 cm³/mol. The molecule has 0 aliphatic carbocycles. The fourth-order valence-corrected chi connectivity index (χ4v) is 6.33. The Morgan fingerprint density at radius 1 is 0.651 bits per heavy atom. The molecule has 0 saturated carbocycles. The van der Waals surface area contributed by atoms with Crippen molar-refractivity contribution in [2.45, 2.75) is 38.3 Å². The minimum absolute atomic E-state index is 0.167. The third-order valence-corrected chi connectivity index (χ3v) is 8.89. The van der Waals surface area contributed by atoms with E-state index >= 15 is 0 Å². The summed E-state index contributed by atoms with van der Waals surface area (Å²) in [7, 11) is -1.28. The fourth-order valence-electron chi connectivity index (χ4n) is 4.09. The molecule has 13 heteroatoms. The summed E-state index contributed by atoms with van der Waals surface area (Å²) in [6.07, 6.45) is -0.474. The minimum atomic E-state index is -1.37. The van der Waals surface area contributed by atoms with E-state index in [0.29, 0.717) is 5.56 Å². The van der Waals surface area contributed by atoms with Gasteiger partial charge in [0.25, 0.3) is 11.8 Å². The van der Waals surface area contributed by atoms with Gasteiger partial charge < -0.3 is 31.7 Å². The van der Waals surface area contributed by atoms with Crippen molar-refractivity contribution in [2.24, 2.45) is 5.73 Å². The number of primary amides is 1. The van der Waals surface area contributed by atoms with E-state index in [1.165, 1.54) is 12.1 Å². The maximum absolute atomic E-state index is 12.7. The van der Waals surface area contributed by atoms with Crippen LogP contribution in [0.25, 0.3) is 0 Å². The Morgan fingerprint density at radius 3 is 1.35 bits per heavy atom. The SMILES string of the molecule is CCC(NC(=O)c1ccc(P(c2ccc(C(N)=O)cc2)c2ccc(C(=O)NC(CCC(=O)O)C(=O)O)cc2)cc1)C(=O)O. The Labute approximate surface area is 247 Å². The number of hydrogen-bond donors (Lipinski definition) is 6. The highest BCUT2D eigenvalue weighted by molar-refractivity contribution is 7.79. The maximum Gasteiger partial charge on any atom is 0.326 e. The van der Waals surface area contributed by atoms with Crippen LogP contribution in [0.3, 0.4) is 0 Å². The van der Waals surface area contributed by atoms with Crippen LogP contribution >= 0.6 is 7.92 Å². The second-order valence-electron chi connectivity index (χ2n) is 9.41. The zero-order valence-corrected chi connectivity index (χ0v) is 23.9. The first-order valence-corrected chi connectivity index (χ1v) is 14.4.